The summed E-state index contributed by atoms with van der Waals surface area (Å²) in [7, 11) is -4.13. The number of rotatable bonds is 8. The Morgan fingerprint density at radius 1 is 0.556 bits per heavy atom. The smallest absolute Gasteiger partial charge is 0.318 e. The van der Waals surface area contributed by atoms with Gasteiger partial charge in [0.05, 0.1) is 0 Å². The maximum absolute atomic E-state index is 2.65. The Hall–Kier alpha value is 0.985. The summed E-state index contributed by atoms with van der Waals surface area (Å²) in [5.41, 5.74) is 0. The van der Waals surface area contributed by atoms with Gasteiger partial charge in [-0.2, -0.15) is 0 Å². The first-order valence-electron chi connectivity index (χ1n) is 8.78. The van der Waals surface area contributed by atoms with Crippen molar-refractivity contribution in [3.8, 4) is 0 Å². The molecule has 2 rings (SSSR count). The van der Waals surface area contributed by atoms with Crippen LogP contribution in [0.1, 0.15) is 0 Å². The van der Waals surface area contributed by atoms with E-state index in [9.17, 15) is 0 Å². The summed E-state index contributed by atoms with van der Waals surface area (Å²) in [6.45, 7) is 15.6. The molecular formula is C20H30Li2S2Si3. The molecule has 136 valence electrons. The zero-order valence-corrected chi connectivity index (χ0v) is 22.9. The second kappa shape index (κ2) is 12.0. The van der Waals surface area contributed by atoms with Crippen molar-refractivity contribution >= 4 is 45.8 Å². The van der Waals surface area contributed by atoms with Crippen molar-refractivity contribution in [2.75, 3.05) is 0 Å². The van der Waals surface area contributed by atoms with E-state index in [-0.39, 0.29) is 37.7 Å². The summed E-state index contributed by atoms with van der Waals surface area (Å²) < 4.78 is 0. The predicted octanol–water partition coefficient (Wildman–Crippen LogP) is 1.26. The molecule has 0 radical (unpaired) electrons. The van der Waals surface area contributed by atoms with Gasteiger partial charge in [-0.25, -0.2) is 0 Å². The van der Waals surface area contributed by atoms with Crippen molar-refractivity contribution in [1.82, 2.24) is 0 Å². The van der Waals surface area contributed by atoms with Crippen molar-refractivity contribution in [3.63, 3.8) is 0 Å². The van der Waals surface area contributed by atoms with Crippen LogP contribution in [0.2, 0.25) is 39.3 Å². The molecule has 0 bridgehead atoms. The van der Waals surface area contributed by atoms with Crippen molar-refractivity contribution < 1.29 is 37.7 Å². The molecule has 0 heterocycles. The molecular weight excluding hydrogens is 402 g/mol. The maximum Gasteiger partial charge on any atom is 1.00 e. The number of hydrogen-bond acceptors (Lipinski definition) is 2. The Bertz CT molecular complexity index is 608. The molecule has 27 heavy (non-hydrogen) atoms. The van der Waals surface area contributed by atoms with Crippen LogP contribution in [0.15, 0.2) is 70.5 Å². The monoisotopic (exact) mass is 432 g/mol. The van der Waals surface area contributed by atoms with Gasteiger partial charge in [0.2, 0.25) is 0 Å². The molecule has 0 saturated heterocycles. The van der Waals surface area contributed by atoms with Gasteiger partial charge in [-0.3, -0.25) is 10.8 Å². The van der Waals surface area contributed by atoms with Crippen LogP contribution in [0.5, 0.6) is 0 Å². The molecule has 0 fully saturated rings. The molecule has 2 aromatic carbocycles. The Balaban J connectivity index is 0.00000338. The van der Waals surface area contributed by atoms with Crippen LogP contribution in [-0.4, -0.2) is 22.3 Å². The molecule has 0 aliphatic heterocycles. The SMILES string of the molecule is C[Si](C)([CH-]Sc1ccccc1)[Si](C)(C)[Si](C)(C)[CH-]Sc1ccccc1.[Li+].[Li+]. The van der Waals surface area contributed by atoms with Gasteiger partial charge in [0.15, 0.2) is 0 Å². The normalized spacial score (nSPS) is 12.1. The molecule has 0 saturated carbocycles. The molecule has 7 heteroatoms. The van der Waals surface area contributed by atoms with Crippen LogP contribution >= 0.6 is 23.5 Å². The van der Waals surface area contributed by atoms with Gasteiger partial charge in [-0.1, -0.05) is 115 Å². The third kappa shape index (κ3) is 7.63. The zero-order chi connectivity index (χ0) is 18.6. The summed E-state index contributed by atoms with van der Waals surface area (Å²) in [6.07, 6.45) is 0. The van der Waals surface area contributed by atoms with Crippen molar-refractivity contribution in [2.24, 2.45) is 0 Å². The summed E-state index contributed by atoms with van der Waals surface area (Å²) in [5.74, 6) is 0. The number of hydrogen-bond donors (Lipinski definition) is 0. The van der Waals surface area contributed by atoms with E-state index in [1.807, 2.05) is 23.5 Å². The van der Waals surface area contributed by atoms with Crippen molar-refractivity contribution in [2.45, 2.75) is 49.1 Å². The fraction of sp³-hybridized carbons (Fsp3) is 0.300. The maximum atomic E-state index is 2.65. The first-order chi connectivity index (χ1) is 11.7. The van der Waals surface area contributed by atoms with E-state index in [0.29, 0.717) is 0 Å². The Morgan fingerprint density at radius 3 is 1.15 bits per heavy atom. The van der Waals surface area contributed by atoms with Crippen molar-refractivity contribution in [3.05, 3.63) is 71.4 Å². The van der Waals surface area contributed by atoms with Gasteiger partial charge in [-0.05, 0) is 16.9 Å². The number of benzene rings is 2. The average Bonchev–Trinajstić information content (AvgIpc) is 2.60. The van der Waals surface area contributed by atoms with Crippen LogP contribution in [0.4, 0.5) is 0 Å². The van der Waals surface area contributed by atoms with Crippen molar-refractivity contribution in [1.29, 1.82) is 0 Å². The molecule has 0 unspecified atom stereocenters. The van der Waals surface area contributed by atoms with E-state index in [4.69, 9.17) is 0 Å². The average molecular weight is 433 g/mol. The fourth-order valence-corrected chi connectivity index (χ4v) is 40.1. The molecule has 0 aliphatic rings. The van der Waals surface area contributed by atoms with E-state index in [1.54, 1.807) is 0 Å². The second-order valence-corrected chi connectivity index (χ2v) is 38.3. The van der Waals surface area contributed by atoms with Crippen LogP contribution in [-0.2, 0) is 0 Å². The summed E-state index contributed by atoms with van der Waals surface area (Å²) in [5, 5.41) is 5.29. The first-order valence-corrected chi connectivity index (χ1v) is 21.7. The minimum Gasteiger partial charge on any atom is -0.318 e. The van der Waals surface area contributed by atoms with E-state index in [2.05, 4.69) is 111 Å². The second-order valence-electron chi connectivity index (χ2n) is 8.17. The van der Waals surface area contributed by atoms with Gasteiger partial charge < -0.3 is 23.5 Å². The Morgan fingerprint density at radius 2 is 0.852 bits per heavy atom. The predicted molar refractivity (Wildman–Crippen MR) is 126 cm³/mol. The summed E-state index contributed by atoms with van der Waals surface area (Å²) in [6, 6.07) is 21.6. The molecule has 0 N–H and O–H groups in total. The van der Waals surface area contributed by atoms with Crippen LogP contribution in [0.3, 0.4) is 0 Å². The zero-order valence-electron chi connectivity index (χ0n) is 18.2. The Labute approximate surface area is 202 Å². The molecule has 0 aromatic heterocycles. The minimum atomic E-state index is -1.39. The van der Waals surface area contributed by atoms with Gasteiger partial charge in [0.1, 0.15) is 0 Å². The third-order valence-corrected chi connectivity index (χ3v) is 51.9. The molecule has 2 aromatic rings. The number of thioether (sulfide) groups is 2. The molecule has 0 nitrogen and oxygen atoms in total. The van der Waals surface area contributed by atoms with Crippen LogP contribution in [0, 0.1) is 10.8 Å². The summed E-state index contributed by atoms with van der Waals surface area (Å²) in [4.78, 5) is 2.74. The van der Waals surface area contributed by atoms with Gasteiger partial charge in [0.25, 0.3) is 0 Å². The fourth-order valence-electron chi connectivity index (χ4n) is 2.55. The quantitative estimate of drug-likeness (QED) is 0.350. The first kappa shape index (κ1) is 28.0. The van der Waals surface area contributed by atoms with E-state index >= 15 is 0 Å². The van der Waals surface area contributed by atoms with E-state index < -0.39 is 22.3 Å². The van der Waals surface area contributed by atoms with E-state index in [0.717, 1.165) is 0 Å². The van der Waals surface area contributed by atoms with Gasteiger partial charge >= 0.3 is 37.7 Å². The topological polar surface area (TPSA) is 0 Å². The van der Waals surface area contributed by atoms with Crippen LogP contribution in [0.25, 0.3) is 0 Å². The molecule has 0 amide bonds. The molecule has 0 aliphatic carbocycles. The molecule has 0 atom stereocenters. The Kier molecular flexibility index (Phi) is 12.4. The van der Waals surface area contributed by atoms with Crippen LogP contribution < -0.4 is 37.7 Å². The molecule has 0 spiro atoms. The third-order valence-electron chi connectivity index (χ3n) is 5.69. The van der Waals surface area contributed by atoms with E-state index in [1.165, 1.54) is 9.79 Å². The summed E-state index contributed by atoms with van der Waals surface area (Å²) >= 11 is 3.92. The van der Waals surface area contributed by atoms with Gasteiger partial charge in [-0.15, -0.1) is 0 Å². The minimum absolute atomic E-state index is 0. The largest absolute Gasteiger partial charge is 1.00 e. The van der Waals surface area contributed by atoms with Gasteiger partial charge in [0, 0.05) is 0 Å². The standard InChI is InChI=1S/C20H30S2Si3.2Li/c1-23(2,17-21-19-13-9-7-10-14-19)25(5,6)24(3,4)18-22-20-15-11-8-12-16-20;;/h7-18H,1-6H3;;/q-2;2*+1.